The number of rotatable bonds is 4. The van der Waals surface area contributed by atoms with Gasteiger partial charge in [0.15, 0.2) is 0 Å². The molecule has 1 atom stereocenters. The van der Waals surface area contributed by atoms with E-state index in [9.17, 15) is 9.90 Å². The summed E-state index contributed by atoms with van der Waals surface area (Å²) in [6, 6.07) is 5.54. The van der Waals surface area contributed by atoms with Crippen LogP contribution < -0.4 is 10.1 Å². The summed E-state index contributed by atoms with van der Waals surface area (Å²) >= 11 is 3.18. The topological polar surface area (TPSA) is 58.6 Å². The minimum Gasteiger partial charge on any atom is -0.491 e. The van der Waals surface area contributed by atoms with Gasteiger partial charge in [-0.3, -0.25) is 4.79 Å². The van der Waals surface area contributed by atoms with Gasteiger partial charge in [-0.2, -0.15) is 0 Å². The number of carbonyl (C=O) groups is 1. The van der Waals surface area contributed by atoms with Crippen molar-refractivity contribution in [2.75, 3.05) is 17.3 Å². The number of benzene rings is 1. The molecule has 0 fully saturated rings. The van der Waals surface area contributed by atoms with Crippen molar-refractivity contribution in [1.82, 2.24) is 0 Å². The fraction of sp³-hybridized carbons (Fsp3) is 0.417. The lowest BCUT2D eigenvalue weighted by atomic mass is 10.0. The first-order valence-corrected chi connectivity index (χ1v) is 6.61. The highest BCUT2D eigenvalue weighted by atomic mass is 79.9. The predicted octanol–water partition coefficient (Wildman–Crippen LogP) is 1.71. The van der Waals surface area contributed by atoms with E-state index in [0.717, 1.165) is 23.4 Å². The number of nitrogens with one attached hydrogen (secondary N) is 1. The number of anilines is 1. The molecule has 1 amide bonds. The second kappa shape index (κ2) is 5.51. The van der Waals surface area contributed by atoms with E-state index >= 15 is 0 Å². The highest BCUT2D eigenvalue weighted by Gasteiger charge is 2.15. The van der Waals surface area contributed by atoms with Gasteiger partial charge >= 0.3 is 0 Å². The van der Waals surface area contributed by atoms with Crippen molar-refractivity contribution in [3.8, 4) is 5.75 Å². The minimum atomic E-state index is -0.509. The fourth-order valence-corrected chi connectivity index (χ4v) is 1.87. The summed E-state index contributed by atoms with van der Waals surface area (Å²) in [5.41, 5.74) is 1.94. The van der Waals surface area contributed by atoms with Gasteiger partial charge in [0, 0.05) is 17.4 Å². The Morgan fingerprint density at radius 1 is 1.47 bits per heavy atom. The molecule has 0 saturated carbocycles. The van der Waals surface area contributed by atoms with Crippen molar-refractivity contribution in [3.63, 3.8) is 0 Å². The summed E-state index contributed by atoms with van der Waals surface area (Å²) in [7, 11) is 0. The molecule has 1 aromatic carbocycles. The van der Waals surface area contributed by atoms with E-state index in [-0.39, 0.29) is 12.5 Å². The molecule has 1 heterocycles. The zero-order valence-corrected chi connectivity index (χ0v) is 10.9. The second-order valence-corrected chi connectivity index (χ2v) is 4.63. The van der Waals surface area contributed by atoms with Crippen LogP contribution in [-0.4, -0.2) is 29.1 Å². The van der Waals surface area contributed by atoms with Gasteiger partial charge in [0.05, 0.1) is 6.10 Å². The Kier molecular flexibility index (Phi) is 4.02. The SMILES string of the molecule is O=C1CCc2cc(OC[C@@H](O)CBr)ccc2N1. The number of halogens is 1. The standard InChI is InChI=1S/C12H14BrNO3/c13-6-9(15)7-17-10-2-3-11-8(5-10)1-4-12(16)14-11/h2-3,5,9,15H,1,4,6-7H2,(H,14,16)/t9-/m0/s1. The maximum Gasteiger partial charge on any atom is 0.224 e. The highest BCUT2D eigenvalue weighted by Crippen LogP contribution is 2.26. The third kappa shape index (κ3) is 3.20. The van der Waals surface area contributed by atoms with E-state index in [1.807, 2.05) is 12.1 Å². The number of hydrogen-bond donors (Lipinski definition) is 2. The molecule has 0 spiro atoms. The van der Waals surface area contributed by atoms with Crippen LogP contribution in [0.1, 0.15) is 12.0 Å². The quantitative estimate of drug-likeness (QED) is 0.832. The molecular formula is C12H14BrNO3. The van der Waals surface area contributed by atoms with Crippen LogP contribution in [0.25, 0.3) is 0 Å². The summed E-state index contributed by atoms with van der Waals surface area (Å²) < 4.78 is 5.46. The number of ether oxygens (including phenoxy) is 1. The van der Waals surface area contributed by atoms with Crippen LogP contribution in [-0.2, 0) is 11.2 Å². The zero-order valence-electron chi connectivity index (χ0n) is 9.28. The molecule has 0 radical (unpaired) electrons. The Morgan fingerprint density at radius 3 is 3.06 bits per heavy atom. The lowest BCUT2D eigenvalue weighted by Gasteiger charge is -2.18. The number of fused-ring (bicyclic) bond motifs is 1. The highest BCUT2D eigenvalue weighted by molar-refractivity contribution is 9.09. The summed E-state index contributed by atoms with van der Waals surface area (Å²) in [6.07, 6.45) is 0.741. The first kappa shape index (κ1) is 12.4. The lowest BCUT2D eigenvalue weighted by Crippen LogP contribution is -2.20. The predicted molar refractivity (Wildman–Crippen MR) is 68.7 cm³/mol. The number of aliphatic hydroxyl groups excluding tert-OH is 1. The van der Waals surface area contributed by atoms with Crippen molar-refractivity contribution in [3.05, 3.63) is 23.8 Å². The Bertz CT molecular complexity index is 422. The van der Waals surface area contributed by atoms with Crippen LogP contribution in [0.5, 0.6) is 5.75 Å². The average molecular weight is 300 g/mol. The van der Waals surface area contributed by atoms with Crippen LogP contribution in [0, 0.1) is 0 Å². The van der Waals surface area contributed by atoms with E-state index < -0.39 is 6.10 Å². The molecule has 0 aliphatic carbocycles. The molecule has 1 aliphatic rings. The first-order valence-electron chi connectivity index (χ1n) is 5.48. The maximum atomic E-state index is 11.2. The number of carbonyl (C=O) groups excluding carboxylic acids is 1. The number of hydrogen-bond acceptors (Lipinski definition) is 3. The van der Waals surface area contributed by atoms with Crippen molar-refractivity contribution in [2.24, 2.45) is 0 Å². The van der Waals surface area contributed by atoms with Gasteiger partial charge < -0.3 is 15.2 Å². The Balaban J connectivity index is 2.04. The zero-order chi connectivity index (χ0) is 12.3. The molecule has 4 nitrogen and oxygen atoms in total. The van der Waals surface area contributed by atoms with Gasteiger partial charge in [-0.15, -0.1) is 0 Å². The van der Waals surface area contributed by atoms with E-state index in [1.54, 1.807) is 6.07 Å². The smallest absolute Gasteiger partial charge is 0.224 e. The van der Waals surface area contributed by atoms with Gasteiger partial charge in [-0.25, -0.2) is 0 Å². The van der Waals surface area contributed by atoms with Crippen molar-refractivity contribution < 1.29 is 14.6 Å². The van der Waals surface area contributed by atoms with Crippen LogP contribution in [0.4, 0.5) is 5.69 Å². The Morgan fingerprint density at radius 2 is 2.29 bits per heavy atom. The molecular weight excluding hydrogens is 286 g/mol. The minimum absolute atomic E-state index is 0.0564. The van der Waals surface area contributed by atoms with Crippen LogP contribution in [0.2, 0.25) is 0 Å². The van der Waals surface area contributed by atoms with E-state index in [2.05, 4.69) is 21.2 Å². The molecule has 1 aliphatic heterocycles. The van der Waals surface area contributed by atoms with Gasteiger partial charge in [0.1, 0.15) is 12.4 Å². The number of amides is 1. The van der Waals surface area contributed by atoms with Gasteiger partial charge in [-0.1, -0.05) is 15.9 Å². The van der Waals surface area contributed by atoms with Gasteiger partial charge in [-0.05, 0) is 30.2 Å². The lowest BCUT2D eigenvalue weighted by molar-refractivity contribution is -0.116. The van der Waals surface area contributed by atoms with Gasteiger partial charge in [0.2, 0.25) is 5.91 Å². The van der Waals surface area contributed by atoms with E-state index in [4.69, 9.17) is 4.74 Å². The Hall–Kier alpha value is -1.07. The van der Waals surface area contributed by atoms with E-state index in [1.165, 1.54) is 0 Å². The molecule has 2 N–H and O–H groups in total. The third-order valence-electron chi connectivity index (χ3n) is 2.59. The average Bonchev–Trinajstić information content (AvgIpc) is 2.35. The maximum absolute atomic E-state index is 11.2. The molecule has 0 unspecified atom stereocenters. The number of aliphatic hydroxyl groups is 1. The van der Waals surface area contributed by atoms with Crippen molar-refractivity contribution in [1.29, 1.82) is 0 Å². The van der Waals surface area contributed by atoms with Crippen LogP contribution >= 0.6 is 15.9 Å². The largest absolute Gasteiger partial charge is 0.491 e. The number of aryl methyl sites for hydroxylation is 1. The Labute approximate surface area is 108 Å². The number of alkyl halides is 1. The summed E-state index contributed by atoms with van der Waals surface area (Å²) in [5.74, 6) is 0.778. The normalized spacial score (nSPS) is 16.0. The summed E-state index contributed by atoms with van der Waals surface area (Å²) in [4.78, 5) is 11.2. The van der Waals surface area contributed by atoms with Gasteiger partial charge in [0.25, 0.3) is 0 Å². The summed E-state index contributed by atoms with van der Waals surface area (Å²) in [5, 5.41) is 12.7. The monoisotopic (exact) mass is 299 g/mol. The molecule has 5 heteroatoms. The molecule has 0 bridgehead atoms. The van der Waals surface area contributed by atoms with Crippen LogP contribution in [0.3, 0.4) is 0 Å². The van der Waals surface area contributed by atoms with Crippen LogP contribution in [0.15, 0.2) is 18.2 Å². The molecule has 2 rings (SSSR count). The van der Waals surface area contributed by atoms with E-state index in [0.29, 0.717) is 11.8 Å². The van der Waals surface area contributed by atoms with Crippen molar-refractivity contribution in [2.45, 2.75) is 18.9 Å². The van der Waals surface area contributed by atoms with Crippen molar-refractivity contribution >= 4 is 27.5 Å². The molecule has 17 heavy (non-hydrogen) atoms. The summed E-state index contributed by atoms with van der Waals surface area (Å²) in [6.45, 7) is 0.260. The first-order chi connectivity index (χ1) is 8.19. The third-order valence-corrected chi connectivity index (χ3v) is 3.34. The molecule has 0 aromatic heterocycles. The molecule has 1 aromatic rings. The molecule has 92 valence electrons. The second-order valence-electron chi connectivity index (χ2n) is 3.99. The fourth-order valence-electron chi connectivity index (χ4n) is 1.69. The molecule has 0 saturated heterocycles.